The molecule has 2 heterocycles. The largest absolute Gasteiger partial charge is 0.495 e. The molecule has 3 aromatic rings. The van der Waals surface area contributed by atoms with Crippen LogP contribution >= 0.6 is 11.6 Å². The summed E-state index contributed by atoms with van der Waals surface area (Å²) < 4.78 is 5.39. The summed E-state index contributed by atoms with van der Waals surface area (Å²) >= 11 is 6.04. The van der Waals surface area contributed by atoms with Crippen LogP contribution in [0.2, 0.25) is 5.02 Å². The van der Waals surface area contributed by atoms with Crippen LogP contribution in [0.5, 0.6) is 5.75 Å². The molecule has 2 amide bonds. The molecule has 0 atom stereocenters. The van der Waals surface area contributed by atoms with Crippen molar-refractivity contribution < 1.29 is 14.3 Å². The van der Waals surface area contributed by atoms with Crippen molar-refractivity contribution in [3.63, 3.8) is 0 Å². The lowest BCUT2D eigenvalue weighted by atomic mass is 10.1. The van der Waals surface area contributed by atoms with E-state index < -0.39 is 0 Å². The summed E-state index contributed by atoms with van der Waals surface area (Å²) in [6, 6.07) is 18.0. The van der Waals surface area contributed by atoms with E-state index in [-0.39, 0.29) is 18.4 Å². The highest BCUT2D eigenvalue weighted by molar-refractivity contribution is 6.30. The molecule has 0 unspecified atom stereocenters. The number of hydrogen-bond donors (Lipinski definition) is 0. The van der Waals surface area contributed by atoms with Gasteiger partial charge in [-0.25, -0.2) is 4.98 Å². The topological polar surface area (TPSA) is 62.7 Å². The zero-order valence-corrected chi connectivity index (χ0v) is 18.9. The van der Waals surface area contributed by atoms with Gasteiger partial charge >= 0.3 is 0 Å². The fraction of sp³-hybridized carbons (Fsp3) is 0.192. The molecule has 0 spiro atoms. The van der Waals surface area contributed by atoms with Crippen molar-refractivity contribution in [3.05, 3.63) is 94.3 Å². The Balaban J connectivity index is 1.47. The molecule has 0 N–H and O–H groups in total. The van der Waals surface area contributed by atoms with E-state index in [1.807, 2.05) is 36.4 Å². The first-order chi connectivity index (χ1) is 16.0. The molecule has 4 rings (SSSR count). The highest BCUT2D eigenvalue weighted by atomic mass is 35.5. The van der Waals surface area contributed by atoms with Crippen molar-refractivity contribution in [2.24, 2.45) is 0 Å². The number of hydrogen-bond acceptors (Lipinski definition) is 4. The summed E-state index contributed by atoms with van der Waals surface area (Å²) in [6.07, 6.45) is 1.67. The molecular weight excluding hydrogens is 438 g/mol. The predicted octanol–water partition coefficient (Wildman–Crippen LogP) is 3.63. The summed E-state index contributed by atoms with van der Waals surface area (Å²) in [5.41, 5.74) is 2.62. The first-order valence-corrected chi connectivity index (χ1v) is 10.8. The minimum Gasteiger partial charge on any atom is -0.495 e. The number of pyridine rings is 1. The molecule has 2 aromatic carbocycles. The van der Waals surface area contributed by atoms with Gasteiger partial charge in [0.05, 0.1) is 12.7 Å². The second kappa shape index (κ2) is 10.2. The van der Waals surface area contributed by atoms with Gasteiger partial charge in [-0.3, -0.25) is 9.59 Å². The van der Waals surface area contributed by atoms with E-state index >= 15 is 0 Å². The molecule has 1 aliphatic heterocycles. The van der Waals surface area contributed by atoms with Crippen molar-refractivity contribution in [1.29, 1.82) is 0 Å². The van der Waals surface area contributed by atoms with E-state index in [2.05, 4.69) is 16.8 Å². The van der Waals surface area contributed by atoms with Gasteiger partial charge in [-0.2, -0.15) is 0 Å². The normalized spacial score (nSPS) is 13.3. The second-order valence-electron chi connectivity index (χ2n) is 7.55. The lowest BCUT2D eigenvalue weighted by molar-refractivity contribution is -0.135. The van der Waals surface area contributed by atoms with Gasteiger partial charge in [-0.15, -0.1) is 0 Å². The van der Waals surface area contributed by atoms with Crippen LogP contribution in [0.1, 0.15) is 27.2 Å². The standard InChI is InChI=1S/C26H22ClN3O3/c1-33-24-11-9-21(16-20(24)8-10-23-7-2-3-12-28-23)26(32)30-14-13-29(25(31)18-30)17-19-5-4-6-22(27)15-19/h2-7,9,11-12,15-16H,13-14,17-18H2,1H3. The average molecular weight is 460 g/mol. The number of halogens is 1. The van der Waals surface area contributed by atoms with Crippen LogP contribution < -0.4 is 4.74 Å². The molecule has 0 aliphatic carbocycles. The fourth-order valence-electron chi connectivity index (χ4n) is 3.59. The smallest absolute Gasteiger partial charge is 0.254 e. The van der Waals surface area contributed by atoms with Crippen LogP contribution in [0.4, 0.5) is 0 Å². The minimum absolute atomic E-state index is 0.0282. The van der Waals surface area contributed by atoms with Crippen molar-refractivity contribution in [2.45, 2.75) is 6.54 Å². The molecular formula is C26H22ClN3O3. The number of rotatable bonds is 4. The molecule has 0 saturated carbocycles. The Morgan fingerprint density at radius 1 is 1.09 bits per heavy atom. The van der Waals surface area contributed by atoms with Crippen LogP contribution in [0, 0.1) is 11.8 Å². The van der Waals surface area contributed by atoms with Crippen LogP contribution in [0.3, 0.4) is 0 Å². The molecule has 7 heteroatoms. The number of methoxy groups -OCH3 is 1. The third-order valence-electron chi connectivity index (χ3n) is 5.30. The van der Waals surface area contributed by atoms with Crippen molar-refractivity contribution in [1.82, 2.24) is 14.8 Å². The number of piperazine rings is 1. The third kappa shape index (κ3) is 5.51. The SMILES string of the molecule is COc1ccc(C(=O)N2CCN(Cc3cccc(Cl)c3)C(=O)C2)cc1C#Cc1ccccn1. The molecule has 0 radical (unpaired) electrons. The number of ether oxygens (including phenoxy) is 1. The Hall–Kier alpha value is -3.82. The van der Waals surface area contributed by atoms with E-state index in [0.29, 0.717) is 47.2 Å². The Morgan fingerprint density at radius 3 is 2.70 bits per heavy atom. The lowest BCUT2D eigenvalue weighted by Gasteiger charge is -2.34. The summed E-state index contributed by atoms with van der Waals surface area (Å²) in [7, 11) is 1.56. The zero-order valence-electron chi connectivity index (χ0n) is 18.1. The molecule has 166 valence electrons. The summed E-state index contributed by atoms with van der Waals surface area (Å²) in [5, 5.41) is 0.634. The molecule has 6 nitrogen and oxygen atoms in total. The maximum atomic E-state index is 13.1. The molecule has 1 aromatic heterocycles. The maximum Gasteiger partial charge on any atom is 0.254 e. The molecule has 1 aliphatic rings. The Morgan fingerprint density at radius 2 is 1.97 bits per heavy atom. The van der Waals surface area contributed by atoms with E-state index in [9.17, 15) is 9.59 Å². The van der Waals surface area contributed by atoms with Crippen molar-refractivity contribution in [3.8, 4) is 17.6 Å². The van der Waals surface area contributed by atoms with Crippen LogP contribution in [0.25, 0.3) is 0 Å². The number of benzene rings is 2. The first kappa shape index (κ1) is 22.4. The van der Waals surface area contributed by atoms with Crippen LogP contribution in [0.15, 0.2) is 66.9 Å². The Kier molecular flexibility index (Phi) is 6.92. The van der Waals surface area contributed by atoms with E-state index in [1.54, 1.807) is 47.4 Å². The monoisotopic (exact) mass is 459 g/mol. The zero-order chi connectivity index (χ0) is 23.2. The average Bonchev–Trinajstić information content (AvgIpc) is 2.84. The molecule has 1 saturated heterocycles. The number of aromatic nitrogens is 1. The van der Waals surface area contributed by atoms with Gasteiger partial charge in [0.15, 0.2) is 0 Å². The lowest BCUT2D eigenvalue weighted by Crippen LogP contribution is -2.51. The number of carbonyl (C=O) groups excluding carboxylic acids is 2. The first-order valence-electron chi connectivity index (χ1n) is 10.5. The Labute approximate surface area is 197 Å². The molecule has 33 heavy (non-hydrogen) atoms. The van der Waals surface area contributed by atoms with Gasteiger partial charge in [0.2, 0.25) is 5.91 Å². The third-order valence-corrected chi connectivity index (χ3v) is 5.54. The van der Waals surface area contributed by atoms with E-state index in [1.165, 1.54) is 0 Å². The summed E-state index contributed by atoms with van der Waals surface area (Å²) in [6.45, 7) is 1.41. The number of carbonyl (C=O) groups is 2. The van der Waals surface area contributed by atoms with Crippen molar-refractivity contribution in [2.75, 3.05) is 26.7 Å². The van der Waals surface area contributed by atoms with E-state index in [0.717, 1.165) is 5.56 Å². The van der Waals surface area contributed by atoms with E-state index in [4.69, 9.17) is 16.3 Å². The number of nitrogens with zero attached hydrogens (tertiary/aromatic N) is 3. The summed E-state index contributed by atoms with van der Waals surface area (Å²) in [5.74, 6) is 6.27. The van der Waals surface area contributed by atoms with Crippen molar-refractivity contribution >= 4 is 23.4 Å². The van der Waals surface area contributed by atoms with Gasteiger partial charge in [0.25, 0.3) is 5.91 Å². The highest BCUT2D eigenvalue weighted by Crippen LogP contribution is 2.21. The quantitative estimate of drug-likeness (QED) is 0.559. The summed E-state index contributed by atoms with van der Waals surface area (Å²) in [4.78, 5) is 33.3. The minimum atomic E-state index is -0.214. The van der Waals surface area contributed by atoms with Gasteiger partial charge < -0.3 is 14.5 Å². The second-order valence-corrected chi connectivity index (χ2v) is 7.99. The fourth-order valence-corrected chi connectivity index (χ4v) is 3.81. The van der Waals surface area contributed by atoms with Crippen LogP contribution in [-0.2, 0) is 11.3 Å². The number of amides is 2. The Bertz CT molecular complexity index is 1230. The van der Waals surface area contributed by atoms with Gasteiger partial charge in [-0.1, -0.05) is 35.7 Å². The highest BCUT2D eigenvalue weighted by Gasteiger charge is 2.28. The molecule has 1 fully saturated rings. The maximum absolute atomic E-state index is 13.1. The van der Waals surface area contributed by atoms with Crippen LogP contribution in [-0.4, -0.2) is 53.3 Å². The van der Waals surface area contributed by atoms with Gasteiger partial charge in [0.1, 0.15) is 18.0 Å². The predicted molar refractivity (Wildman–Crippen MR) is 126 cm³/mol. The van der Waals surface area contributed by atoms with Gasteiger partial charge in [-0.05, 0) is 53.9 Å². The van der Waals surface area contributed by atoms with Gasteiger partial charge in [0, 0.05) is 36.4 Å². The molecule has 0 bridgehead atoms.